The van der Waals surface area contributed by atoms with Crippen molar-refractivity contribution in [3.8, 4) is 11.1 Å². The lowest BCUT2D eigenvalue weighted by atomic mass is 10.0. The number of amides is 1. The second-order valence-corrected chi connectivity index (χ2v) is 5.14. The summed E-state index contributed by atoms with van der Waals surface area (Å²) in [7, 11) is 0. The second kappa shape index (κ2) is 7.02. The molecular weight excluding hydrogens is 265 g/mol. The lowest BCUT2D eigenvalue weighted by Crippen LogP contribution is -2.26. The van der Waals surface area contributed by atoms with E-state index in [1.54, 1.807) is 6.07 Å². The van der Waals surface area contributed by atoms with Crippen LogP contribution in [0.25, 0.3) is 11.1 Å². The summed E-state index contributed by atoms with van der Waals surface area (Å²) in [5.74, 6) is -0.271. The zero-order chi connectivity index (χ0) is 15.2. The summed E-state index contributed by atoms with van der Waals surface area (Å²) >= 11 is 0. The molecule has 0 spiro atoms. The molecule has 0 saturated heterocycles. The van der Waals surface area contributed by atoms with Crippen molar-refractivity contribution in [3.05, 3.63) is 59.9 Å². The van der Waals surface area contributed by atoms with E-state index in [4.69, 9.17) is 0 Å². The van der Waals surface area contributed by atoms with Gasteiger partial charge in [0.1, 0.15) is 5.82 Å². The van der Waals surface area contributed by atoms with Crippen LogP contribution in [0.5, 0.6) is 0 Å². The third kappa shape index (κ3) is 3.91. The van der Waals surface area contributed by atoms with Crippen molar-refractivity contribution in [3.63, 3.8) is 0 Å². The van der Waals surface area contributed by atoms with E-state index in [1.165, 1.54) is 6.07 Å². The molecule has 2 nitrogen and oxygen atoms in total. The minimum absolute atomic E-state index is 0.00227. The molecule has 0 radical (unpaired) electrons. The van der Waals surface area contributed by atoms with Crippen LogP contribution in [0.3, 0.4) is 0 Å². The normalized spacial score (nSPS) is 12.0. The lowest BCUT2D eigenvalue weighted by Gasteiger charge is -2.15. The Morgan fingerprint density at radius 3 is 2.52 bits per heavy atom. The summed E-state index contributed by atoms with van der Waals surface area (Å²) in [5.41, 5.74) is 2.20. The zero-order valence-corrected chi connectivity index (χ0v) is 12.4. The molecule has 1 N–H and O–H groups in total. The summed E-state index contributed by atoms with van der Waals surface area (Å²) in [4.78, 5) is 11.6. The van der Waals surface area contributed by atoms with E-state index in [0.29, 0.717) is 12.0 Å². The highest BCUT2D eigenvalue weighted by atomic mass is 19.1. The number of hydrogen-bond acceptors (Lipinski definition) is 1. The Morgan fingerprint density at radius 1 is 1.19 bits per heavy atom. The molecule has 1 atom stereocenters. The van der Waals surface area contributed by atoms with Crippen molar-refractivity contribution in [1.29, 1.82) is 0 Å². The highest BCUT2D eigenvalue weighted by Gasteiger charge is 2.12. The van der Waals surface area contributed by atoms with Crippen LogP contribution in [0, 0.1) is 5.82 Å². The monoisotopic (exact) mass is 285 g/mol. The van der Waals surface area contributed by atoms with Crippen LogP contribution in [0.15, 0.2) is 48.5 Å². The van der Waals surface area contributed by atoms with Gasteiger partial charge in [-0.05, 0) is 30.5 Å². The van der Waals surface area contributed by atoms with Gasteiger partial charge in [0.2, 0.25) is 5.91 Å². The smallest absolute Gasteiger partial charge is 0.220 e. The first-order chi connectivity index (χ1) is 10.1. The maximum absolute atomic E-state index is 14.3. The minimum atomic E-state index is -0.268. The predicted octanol–water partition coefficient (Wildman–Crippen LogP) is 4.47. The number of halogens is 1. The van der Waals surface area contributed by atoms with Crippen molar-refractivity contribution in [2.24, 2.45) is 0 Å². The number of nitrogens with one attached hydrogen (secondary N) is 1. The summed E-state index contributed by atoms with van der Waals surface area (Å²) < 4.78 is 14.3. The molecule has 1 amide bonds. The summed E-state index contributed by atoms with van der Waals surface area (Å²) in [6.45, 7) is 3.82. The van der Waals surface area contributed by atoms with Crippen LogP contribution in [-0.4, -0.2) is 5.91 Å². The van der Waals surface area contributed by atoms with E-state index in [0.717, 1.165) is 17.5 Å². The van der Waals surface area contributed by atoms with Gasteiger partial charge in [-0.15, -0.1) is 0 Å². The van der Waals surface area contributed by atoms with Gasteiger partial charge in [0, 0.05) is 12.0 Å². The summed E-state index contributed by atoms with van der Waals surface area (Å²) in [5, 5.41) is 2.88. The molecule has 2 rings (SSSR count). The topological polar surface area (TPSA) is 29.1 Å². The molecule has 21 heavy (non-hydrogen) atoms. The maximum Gasteiger partial charge on any atom is 0.220 e. The average Bonchev–Trinajstić information content (AvgIpc) is 2.48. The van der Waals surface area contributed by atoms with Crippen LogP contribution < -0.4 is 5.32 Å². The quantitative estimate of drug-likeness (QED) is 0.862. The Kier molecular flexibility index (Phi) is 5.09. The van der Waals surface area contributed by atoms with Gasteiger partial charge in [0.05, 0.1) is 6.04 Å². The van der Waals surface area contributed by atoms with Crippen molar-refractivity contribution >= 4 is 5.91 Å². The van der Waals surface area contributed by atoms with Crippen LogP contribution in [-0.2, 0) is 4.79 Å². The standard InChI is InChI=1S/C18H20FNO/c1-3-7-18(21)20-13(2)15-10-11-16(17(19)12-15)14-8-5-4-6-9-14/h4-6,8-13H,3,7H2,1-2H3,(H,20,21). The first kappa shape index (κ1) is 15.2. The summed E-state index contributed by atoms with van der Waals surface area (Å²) in [6.07, 6.45) is 1.30. The molecular formula is C18H20FNO. The molecule has 2 aromatic rings. The molecule has 0 heterocycles. The van der Waals surface area contributed by atoms with E-state index in [1.807, 2.05) is 50.2 Å². The second-order valence-electron chi connectivity index (χ2n) is 5.14. The van der Waals surface area contributed by atoms with Crippen LogP contribution in [0.2, 0.25) is 0 Å². The Bertz CT molecular complexity index is 610. The molecule has 1 unspecified atom stereocenters. The van der Waals surface area contributed by atoms with E-state index < -0.39 is 0 Å². The van der Waals surface area contributed by atoms with Gasteiger partial charge in [0.15, 0.2) is 0 Å². The number of carbonyl (C=O) groups excluding carboxylic acids is 1. The largest absolute Gasteiger partial charge is 0.350 e. The Hall–Kier alpha value is -2.16. The number of carbonyl (C=O) groups is 1. The van der Waals surface area contributed by atoms with Gasteiger partial charge >= 0.3 is 0 Å². The van der Waals surface area contributed by atoms with Crippen molar-refractivity contribution < 1.29 is 9.18 Å². The van der Waals surface area contributed by atoms with Gasteiger partial charge in [-0.3, -0.25) is 4.79 Å². The maximum atomic E-state index is 14.3. The highest BCUT2D eigenvalue weighted by Crippen LogP contribution is 2.25. The van der Waals surface area contributed by atoms with Crippen LogP contribution in [0.1, 0.15) is 38.3 Å². The third-order valence-electron chi connectivity index (χ3n) is 3.43. The fourth-order valence-corrected chi connectivity index (χ4v) is 2.28. The molecule has 0 aliphatic carbocycles. The molecule has 0 bridgehead atoms. The van der Waals surface area contributed by atoms with Crippen molar-refractivity contribution in [1.82, 2.24) is 5.32 Å². The molecule has 0 aromatic heterocycles. The minimum Gasteiger partial charge on any atom is -0.350 e. The van der Waals surface area contributed by atoms with Gasteiger partial charge in [-0.25, -0.2) is 4.39 Å². The van der Waals surface area contributed by atoms with Gasteiger partial charge < -0.3 is 5.32 Å². The fourth-order valence-electron chi connectivity index (χ4n) is 2.28. The van der Waals surface area contributed by atoms with E-state index in [2.05, 4.69) is 5.32 Å². The van der Waals surface area contributed by atoms with Crippen molar-refractivity contribution in [2.45, 2.75) is 32.7 Å². The summed E-state index contributed by atoms with van der Waals surface area (Å²) in [6, 6.07) is 14.4. The lowest BCUT2D eigenvalue weighted by molar-refractivity contribution is -0.121. The Morgan fingerprint density at radius 2 is 1.90 bits per heavy atom. The molecule has 0 aliphatic rings. The zero-order valence-electron chi connectivity index (χ0n) is 12.4. The predicted molar refractivity (Wildman–Crippen MR) is 83.3 cm³/mol. The van der Waals surface area contributed by atoms with E-state index in [-0.39, 0.29) is 17.8 Å². The molecule has 2 aromatic carbocycles. The third-order valence-corrected chi connectivity index (χ3v) is 3.43. The number of rotatable bonds is 5. The van der Waals surface area contributed by atoms with Crippen molar-refractivity contribution in [2.75, 3.05) is 0 Å². The number of hydrogen-bond donors (Lipinski definition) is 1. The van der Waals surface area contributed by atoms with Crippen LogP contribution in [0.4, 0.5) is 4.39 Å². The average molecular weight is 285 g/mol. The molecule has 3 heteroatoms. The highest BCUT2D eigenvalue weighted by molar-refractivity contribution is 5.76. The molecule has 0 fully saturated rings. The Labute approximate surface area is 125 Å². The fraction of sp³-hybridized carbons (Fsp3) is 0.278. The molecule has 0 aliphatic heterocycles. The van der Waals surface area contributed by atoms with E-state index in [9.17, 15) is 9.18 Å². The SMILES string of the molecule is CCCC(=O)NC(C)c1ccc(-c2ccccc2)c(F)c1. The first-order valence-corrected chi connectivity index (χ1v) is 7.26. The molecule has 110 valence electrons. The van der Waals surface area contributed by atoms with Crippen LogP contribution >= 0.6 is 0 Å². The first-order valence-electron chi connectivity index (χ1n) is 7.26. The van der Waals surface area contributed by atoms with E-state index >= 15 is 0 Å². The van der Waals surface area contributed by atoms with Gasteiger partial charge in [-0.1, -0.05) is 49.4 Å². The molecule has 0 saturated carbocycles. The Balaban J connectivity index is 2.17. The number of benzene rings is 2. The van der Waals surface area contributed by atoms with Gasteiger partial charge in [0.25, 0.3) is 0 Å². The van der Waals surface area contributed by atoms with Gasteiger partial charge in [-0.2, -0.15) is 0 Å².